The molecule has 2 nitrogen and oxygen atoms in total. The molecule has 2 aromatic carbocycles. The summed E-state index contributed by atoms with van der Waals surface area (Å²) in [6.07, 6.45) is 3.93. The molecule has 1 aliphatic rings. The highest BCUT2D eigenvalue weighted by Gasteiger charge is 2.13. The van der Waals surface area contributed by atoms with Crippen molar-refractivity contribution in [3.63, 3.8) is 0 Å². The molecular formula is C17H21NOS. The van der Waals surface area contributed by atoms with Crippen molar-refractivity contribution in [2.45, 2.75) is 24.2 Å². The van der Waals surface area contributed by atoms with Gasteiger partial charge in [-0.3, -0.25) is 0 Å². The molecule has 0 saturated carbocycles. The molecule has 2 N–H and O–H groups in total. The molecule has 0 bridgehead atoms. The summed E-state index contributed by atoms with van der Waals surface area (Å²) in [7, 11) is 0. The summed E-state index contributed by atoms with van der Waals surface area (Å²) >= 11 is 1.92. The third-order valence-electron chi connectivity index (χ3n) is 4.10. The van der Waals surface area contributed by atoms with E-state index in [0.29, 0.717) is 5.75 Å². The molecule has 106 valence electrons. The number of rotatable bonds is 4. The van der Waals surface area contributed by atoms with Crippen molar-refractivity contribution < 1.29 is 5.11 Å². The van der Waals surface area contributed by atoms with Crippen LogP contribution < -0.4 is 5.32 Å². The lowest BCUT2D eigenvalue weighted by atomic mass is 9.96. The Balaban J connectivity index is 1.67. The number of thioether (sulfide) groups is 1. The van der Waals surface area contributed by atoms with E-state index in [2.05, 4.69) is 11.4 Å². The van der Waals surface area contributed by atoms with Crippen LogP contribution in [-0.2, 0) is 0 Å². The van der Waals surface area contributed by atoms with Gasteiger partial charge < -0.3 is 10.4 Å². The minimum atomic E-state index is 0.378. The molecule has 1 heterocycles. The molecule has 3 heteroatoms. The molecule has 0 radical (unpaired) electrons. The summed E-state index contributed by atoms with van der Waals surface area (Å²) in [5, 5.41) is 15.5. The van der Waals surface area contributed by atoms with E-state index in [1.54, 1.807) is 0 Å². The van der Waals surface area contributed by atoms with Crippen molar-refractivity contribution in [2.75, 3.05) is 18.8 Å². The standard InChI is InChI=1S/C17H21NOS/c19-16-5-6-17(15-4-2-1-3-14(15)16)20-12-9-13-7-10-18-11-8-13/h1-6,13,18-19H,7-12H2. The van der Waals surface area contributed by atoms with E-state index >= 15 is 0 Å². The fourth-order valence-electron chi connectivity index (χ4n) is 2.89. The number of piperidine rings is 1. The zero-order chi connectivity index (χ0) is 13.8. The molecule has 0 aromatic heterocycles. The highest BCUT2D eigenvalue weighted by molar-refractivity contribution is 7.99. The Morgan fingerprint density at radius 1 is 1.05 bits per heavy atom. The van der Waals surface area contributed by atoms with Gasteiger partial charge in [-0.25, -0.2) is 0 Å². The van der Waals surface area contributed by atoms with Crippen molar-refractivity contribution in [3.8, 4) is 5.75 Å². The lowest BCUT2D eigenvalue weighted by Gasteiger charge is -2.22. The molecule has 0 unspecified atom stereocenters. The van der Waals surface area contributed by atoms with E-state index in [9.17, 15) is 5.11 Å². The Hall–Kier alpha value is -1.19. The van der Waals surface area contributed by atoms with Gasteiger partial charge in [-0.2, -0.15) is 0 Å². The summed E-state index contributed by atoms with van der Waals surface area (Å²) in [6, 6.07) is 12.0. The average Bonchev–Trinajstić information content (AvgIpc) is 2.51. The molecule has 3 rings (SSSR count). The minimum Gasteiger partial charge on any atom is -0.507 e. The van der Waals surface area contributed by atoms with E-state index in [1.165, 1.54) is 48.4 Å². The van der Waals surface area contributed by atoms with E-state index < -0.39 is 0 Å². The van der Waals surface area contributed by atoms with Crippen molar-refractivity contribution in [3.05, 3.63) is 36.4 Å². The molecule has 1 fully saturated rings. The minimum absolute atomic E-state index is 0.378. The molecular weight excluding hydrogens is 266 g/mol. The molecule has 1 aliphatic heterocycles. The zero-order valence-electron chi connectivity index (χ0n) is 11.6. The second-order valence-electron chi connectivity index (χ2n) is 5.46. The topological polar surface area (TPSA) is 32.3 Å². The molecule has 0 amide bonds. The maximum Gasteiger partial charge on any atom is 0.123 e. The number of benzene rings is 2. The smallest absolute Gasteiger partial charge is 0.123 e. The summed E-state index contributed by atoms with van der Waals surface area (Å²) in [5.74, 6) is 2.43. The number of hydrogen-bond donors (Lipinski definition) is 2. The fraction of sp³-hybridized carbons (Fsp3) is 0.412. The monoisotopic (exact) mass is 287 g/mol. The third-order valence-corrected chi connectivity index (χ3v) is 5.21. The first-order valence-electron chi connectivity index (χ1n) is 7.39. The van der Waals surface area contributed by atoms with Crippen molar-refractivity contribution in [1.29, 1.82) is 0 Å². The predicted molar refractivity (Wildman–Crippen MR) is 86.5 cm³/mol. The Morgan fingerprint density at radius 3 is 2.60 bits per heavy atom. The van der Waals surface area contributed by atoms with E-state index in [4.69, 9.17) is 0 Å². The normalized spacial score (nSPS) is 16.6. The zero-order valence-corrected chi connectivity index (χ0v) is 12.5. The van der Waals surface area contributed by atoms with Gasteiger partial charge in [-0.1, -0.05) is 24.3 Å². The van der Waals surface area contributed by atoms with Crippen LogP contribution in [0.4, 0.5) is 0 Å². The maximum atomic E-state index is 9.91. The molecule has 2 aromatic rings. The van der Waals surface area contributed by atoms with Crippen molar-refractivity contribution in [2.24, 2.45) is 5.92 Å². The Morgan fingerprint density at radius 2 is 1.80 bits per heavy atom. The number of hydrogen-bond acceptors (Lipinski definition) is 3. The van der Waals surface area contributed by atoms with Crippen LogP contribution in [-0.4, -0.2) is 23.9 Å². The van der Waals surface area contributed by atoms with E-state index in [-0.39, 0.29) is 0 Å². The van der Waals surface area contributed by atoms with Gasteiger partial charge in [0, 0.05) is 10.3 Å². The molecule has 20 heavy (non-hydrogen) atoms. The van der Waals surface area contributed by atoms with Gasteiger partial charge in [0.25, 0.3) is 0 Å². The summed E-state index contributed by atoms with van der Waals surface area (Å²) in [4.78, 5) is 1.28. The van der Waals surface area contributed by atoms with Gasteiger partial charge in [-0.05, 0) is 61.5 Å². The van der Waals surface area contributed by atoms with Gasteiger partial charge in [-0.15, -0.1) is 11.8 Å². The van der Waals surface area contributed by atoms with Crippen LogP contribution in [0.15, 0.2) is 41.3 Å². The largest absolute Gasteiger partial charge is 0.507 e. The van der Waals surface area contributed by atoms with E-state index in [0.717, 1.165) is 11.3 Å². The van der Waals surface area contributed by atoms with Gasteiger partial charge in [0.1, 0.15) is 5.75 Å². The summed E-state index contributed by atoms with van der Waals surface area (Å²) in [6.45, 7) is 2.36. The van der Waals surface area contributed by atoms with Gasteiger partial charge in [0.2, 0.25) is 0 Å². The van der Waals surface area contributed by atoms with Crippen LogP contribution >= 0.6 is 11.8 Å². The summed E-state index contributed by atoms with van der Waals surface area (Å²) < 4.78 is 0. The first kappa shape index (κ1) is 13.8. The number of nitrogens with one attached hydrogen (secondary N) is 1. The first-order chi connectivity index (χ1) is 9.84. The van der Waals surface area contributed by atoms with Crippen LogP contribution in [0, 0.1) is 5.92 Å². The molecule has 0 atom stereocenters. The average molecular weight is 287 g/mol. The van der Waals surface area contributed by atoms with Gasteiger partial charge in [0.05, 0.1) is 0 Å². The van der Waals surface area contributed by atoms with E-state index in [1.807, 2.05) is 42.1 Å². The highest BCUT2D eigenvalue weighted by atomic mass is 32.2. The van der Waals surface area contributed by atoms with Crippen LogP contribution in [0.3, 0.4) is 0 Å². The molecule has 1 saturated heterocycles. The second kappa shape index (κ2) is 6.51. The van der Waals surface area contributed by atoms with Gasteiger partial charge >= 0.3 is 0 Å². The Bertz CT molecular complexity index is 578. The third kappa shape index (κ3) is 3.10. The van der Waals surface area contributed by atoms with Crippen LogP contribution in [0.5, 0.6) is 5.75 Å². The first-order valence-corrected chi connectivity index (χ1v) is 8.37. The number of fused-ring (bicyclic) bond motifs is 1. The molecule has 0 aliphatic carbocycles. The lowest BCUT2D eigenvalue weighted by molar-refractivity contribution is 0.367. The molecule has 0 spiro atoms. The summed E-state index contributed by atoms with van der Waals surface area (Å²) in [5.41, 5.74) is 0. The fourth-order valence-corrected chi connectivity index (χ4v) is 4.06. The predicted octanol–water partition coefficient (Wildman–Crippen LogP) is 4.03. The SMILES string of the molecule is Oc1ccc(SCCC2CCNCC2)c2ccccc12. The number of phenolic OH excluding ortho intramolecular Hbond substituents is 1. The van der Waals surface area contributed by atoms with Crippen molar-refractivity contribution >= 4 is 22.5 Å². The number of aromatic hydroxyl groups is 1. The Labute approximate surface area is 124 Å². The highest BCUT2D eigenvalue weighted by Crippen LogP contribution is 2.34. The Kier molecular flexibility index (Phi) is 4.48. The maximum absolute atomic E-state index is 9.91. The van der Waals surface area contributed by atoms with Gasteiger partial charge in [0.15, 0.2) is 0 Å². The quantitative estimate of drug-likeness (QED) is 0.833. The van der Waals surface area contributed by atoms with Crippen LogP contribution in [0.1, 0.15) is 19.3 Å². The van der Waals surface area contributed by atoms with Crippen LogP contribution in [0.2, 0.25) is 0 Å². The second-order valence-corrected chi connectivity index (χ2v) is 6.60. The van der Waals surface area contributed by atoms with Crippen LogP contribution in [0.25, 0.3) is 10.8 Å². The lowest BCUT2D eigenvalue weighted by Crippen LogP contribution is -2.27. The van der Waals surface area contributed by atoms with Crippen molar-refractivity contribution in [1.82, 2.24) is 5.32 Å². The number of phenols is 1.